The molecule has 1 rings (SSSR count). The maximum absolute atomic E-state index is 13.8. The van der Waals surface area contributed by atoms with Gasteiger partial charge in [-0.05, 0) is 49.0 Å². The molecule has 7 atom stereocenters. The molecule has 7 unspecified atom stereocenters. The lowest BCUT2D eigenvalue weighted by atomic mass is 9.95. The Hall–Kier alpha value is -4.93. The van der Waals surface area contributed by atoms with E-state index in [1.54, 1.807) is 20.8 Å². The summed E-state index contributed by atoms with van der Waals surface area (Å²) in [6.07, 6.45) is 2.27. The van der Waals surface area contributed by atoms with Crippen LogP contribution in [0.3, 0.4) is 0 Å². The van der Waals surface area contributed by atoms with E-state index in [0.29, 0.717) is 32.2 Å². The monoisotopic (exact) mass is 745 g/mol. The van der Waals surface area contributed by atoms with E-state index >= 15 is 0 Å². The summed E-state index contributed by atoms with van der Waals surface area (Å²) in [5.41, 5.74) is 28.5. The lowest BCUT2D eigenvalue weighted by Crippen LogP contribution is -2.60. The number of amides is 4. The fraction of sp³-hybridized carbons (Fsp3) is 0.639. The van der Waals surface area contributed by atoms with Gasteiger partial charge in [-0.1, -0.05) is 84.7 Å². The highest BCUT2D eigenvalue weighted by Gasteiger charge is 2.35. The zero-order chi connectivity index (χ0) is 40.1. The number of benzene rings is 1. The van der Waals surface area contributed by atoms with E-state index in [1.165, 1.54) is 0 Å². The summed E-state index contributed by atoms with van der Waals surface area (Å²) in [5.74, 6) is -4.17. The van der Waals surface area contributed by atoms with E-state index in [0.717, 1.165) is 5.56 Å². The summed E-state index contributed by atoms with van der Waals surface area (Å²) in [7, 11) is 0. The van der Waals surface area contributed by atoms with Crippen LogP contribution in [0.5, 0.6) is 0 Å². The second-order valence-electron chi connectivity index (χ2n) is 13.6. The van der Waals surface area contributed by atoms with Gasteiger partial charge in [0, 0.05) is 13.1 Å². The second-order valence-corrected chi connectivity index (χ2v) is 13.6. The van der Waals surface area contributed by atoms with Crippen molar-refractivity contribution >= 4 is 41.5 Å². The first-order valence-electron chi connectivity index (χ1n) is 18.3. The van der Waals surface area contributed by atoms with Gasteiger partial charge >= 0.3 is 5.97 Å². The SMILES string of the molecule is CCC(C)C(NC(=O)C(N)CCCN=C(N)N)C(=O)NC(C(=O)NC(CCCN=C(N)N)C(=O)NC(C(=O)OCc1ccccc1)C(C)CC)C(C)C. The van der Waals surface area contributed by atoms with Gasteiger partial charge < -0.3 is 54.7 Å². The Kier molecular flexibility index (Phi) is 21.2. The van der Waals surface area contributed by atoms with Crippen LogP contribution in [0.1, 0.15) is 85.6 Å². The molecule has 0 heterocycles. The molecule has 4 amide bonds. The van der Waals surface area contributed by atoms with Gasteiger partial charge in [0.2, 0.25) is 23.6 Å². The van der Waals surface area contributed by atoms with E-state index in [9.17, 15) is 24.0 Å². The van der Waals surface area contributed by atoms with E-state index < -0.39 is 65.7 Å². The number of guanidine groups is 2. The fourth-order valence-corrected chi connectivity index (χ4v) is 5.17. The molecule has 14 N–H and O–H groups in total. The highest BCUT2D eigenvalue weighted by atomic mass is 16.5. The summed E-state index contributed by atoms with van der Waals surface area (Å²) in [5, 5.41) is 11.1. The van der Waals surface area contributed by atoms with Gasteiger partial charge in [-0.15, -0.1) is 0 Å². The van der Waals surface area contributed by atoms with Gasteiger partial charge in [0.15, 0.2) is 11.9 Å². The Morgan fingerprint density at radius 1 is 0.660 bits per heavy atom. The van der Waals surface area contributed by atoms with Gasteiger partial charge in [-0.3, -0.25) is 29.2 Å². The van der Waals surface area contributed by atoms with E-state index in [-0.39, 0.29) is 49.7 Å². The number of ether oxygens (including phenoxy) is 1. The highest BCUT2D eigenvalue weighted by molar-refractivity contribution is 5.95. The molecule has 0 aromatic heterocycles. The first-order valence-corrected chi connectivity index (χ1v) is 18.3. The number of nitrogens with two attached hydrogens (primary N) is 5. The molecule has 17 heteroatoms. The molecule has 1 aromatic carbocycles. The Balaban J connectivity index is 3.18. The standard InChI is InChI=1S/C36H63N11O6/c1-7-22(5)28(46-30(48)25(37)16-12-18-42-35(38)39)33(51)45-27(21(3)4)32(50)44-26(17-13-19-43-36(40)41)31(49)47-29(23(6)8-2)34(52)53-20-24-14-10-9-11-15-24/h9-11,14-15,21-23,25-29H,7-8,12-13,16-20,37H2,1-6H3,(H,44,50)(H,45,51)(H,46,48)(H,47,49)(H4,38,39,42)(H4,40,41,43). The van der Waals surface area contributed by atoms with Gasteiger partial charge in [-0.2, -0.15) is 0 Å². The minimum Gasteiger partial charge on any atom is -0.459 e. The predicted molar refractivity (Wildman–Crippen MR) is 206 cm³/mol. The molecule has 0 aliphatic heterocycles. The summed E-state index contributed by atoms with van der Waals surface area (Å²) in [6.45, 7) is 11.4. The quantitative estimate of drug-likeness (QED) is 0.0290. The first-order chi connectivity index (χ1) is 25.0. The topological polar surface area (TPSA) is 298 Å². The third-order valence-corrected chi connectivity index (χ3v) is 8.91. The van der Waals surface area contributed by atoms with Crippen LogP contribution in [-0.2, 0) is 35.3 Å². The molecule has 298 valence electrons. The van der Waals surface area contributed by atoms with Crippen molar-refractivity contribution in [2.24, 2.45) is 56.4 Å². The highest BCUT2D eigenvalue weighted by Crippen LogP contribution is 2.14. The van der Waals surface area contributed by atoms with E-state index in [4.69, 9.17) is 33.4 Å². The summed E-state index contributed by atoms with van der Waals surface area (Å²) < 4.78 is 5.55. The number of rotatable bonds is 24. The van der Waals surface area contributed by atoms with Crippen LogP contribution >= 0.6 is 0 Å². The molecule has 0 saturated heterocycles. The summed E-state index contributed by atoms with van der Waals surface area (Å²) >= 11 is 0. The Labute approximate surface area is 313 Å². The van der Waals surface area contributed by atoms with E-state index in [2.05, 4.69) is 31.3 Å². The van der Waals surface area contributed by atoms with Crippen molar-refractivity contribution in [3.63, 3.8) is 0 Å². The average Bonchev–Trinajstić information content (AvgIpc) is 3.12. The van der Waals surface area contributed by atoms with Crippen LogP contribution in [0.15, 0.2) is 40.3 Å². The molecular weight excluding hydrogens is 682 g/mol. The summed E-state index contributed by atoms with van der Waals surface area (Å²) in [6, 6.07) is 4.04. The number of hydrogen-bond acceptors (Lipinski definition) is 9. The molecule has 0 aliphatic rings. The van der Waals surface area contributed by atoms with Gasteiger partial charge in [0.25, 0.3) is 0 Å². The van der Waals surface area contributed by atoms with Crippen LogP contribution in [0.25, 0.3) is 0 Å². The largest absolute Gasteiger partial charge is 0.459 e. The Morgan fingerprint density at radius 3 is 1.68 bits per heavy atom. The maximum atomic E-state index is 13.8. The van der Waals surface area contributed by atoms with Crippen LogP contribution in [0, 0.1) is 17.8 Å². The molecule has 0 radical (unpaired) electrons. The molecule has 0 aliphatic carbocycles. The lowest BCUT2D eigenvalue weighted by Gasteiger charge is -2.30. The molecule has 17 nitrogen and oxygen atoms in total. The third-order valence-electron chi connectivity index (χ3n) is 8.91. The maximum Gasteiger partial charge on any atom is 0.329 e. The number of carbonyl (C=O) groups is 5. The van der Waals surface area contributed by atoms with E-state index in [1.807, 2.05) is 51.1 Å². The van der Waals surface area contributed by atoms with Crippen LogP contribution in [0.2, 0.25) is 0 Å². The molecule has 0 fully saturated rings. The summed E-state index contributed by atoms with van der Waals surface area (Å²) in [4.78, 5) is 75.4. The molecule has 0 bridgehead atoms. The number of aliphatic imine (C=N–C) groups is 2. The van der Waals surface area contributed by atoms with Crippen molar-refractivity contribution in [2.45, 2.75) is 117 Å². The van der Waals surface area contributed by atoms with Crippen molar-refractivity contribution in [1.82, 2.24) is 21.3 Å². The lowest BCUT2D eigenvalue weighted by molar-refractivity contribution is -0.151. The van der Waals surface area contributed by atoms with Crippen molar-refractivity contribution in [1.29, 1.82) is 0 Å². The first kappa shape index (κ1) is 46.1. The fourth-order valence-electron chi connectivity index (χ4n) is 5.17. The number of esters is 1. The second kappa shape index (κ2) is 24.3. The number of hydrogen-bond donors (Lipinski definition) is 9. The minimum absolute atomic E-state index is 0.0282. The Bertz CT molecular complexity index is 1370. The van der Waals surface area contributed by atoms with Crippen molar-refractivity contribution in [3.8, 4) is 0 Å². The Morgan fingerprint density at radius 2 is 1.15 bits per heavy atom. The number of carbonyl (C=O) groups excluding carboxylic acids is 5. The number of nitrogens with zero attached hydrogens (tertiary/aromatic N) is 2. The van der Waals surface area contributed by atoms with Gasteiger partial charge in [-0.25, -0.2) is 4.79 Å². The molecule has 1 aromatic rings. The van der Waals surface area contributed by atoms with Crippen molar-refractivity contribution < 1.29 is 28.7 Å². The minimum atomic E-state index is -1.12. The molecular formula is C36H63N11O6. The van der Waals surface area contributed by atoms with Crippen molar-refractivity contribution in [2.75, 3.05) is 13.1 Å². The smallest absolute Gasteiger partial charge is 0.329 e. The zero-order valence-corrected chi connectivity index (χ0v) is 32.1. The normalized spacial score (nSPS) is 14.9. The number of nitrogens with one attached hydrogen (secondary N) is 4. The average molecular weight is 746 g/mol. The van der Waals surface area contributed by atoms with Gasteiger partial charge in [0.1, 0.15) is 30.8 Å². The third kappa shape index (κ3) is 17.4. The van der Waals surface area contributed by atoms with Crippen LogP contribution in [-0.4, -0.2) is 84.8 Å². The molecule has 0 saturated carbocycles. The molecule has 53 heavy (non-hydrogen) atoms. The van der Waals surface area contributed by atoms with Crippen LogP contribution < -0.4 is 49.9 Å². The van der Waals surface area contributed by atoms with Gasteiger partial charge in [0.05, 0.1) is 6.04 Å². The van der Waals surface area contributed by atoms with Crippen LogP contribution in [0.4, 0.5) is 0 Å². The van der Waals surface area contributed by atoms with Crippen molar-refractivity contribution in [3.05, 3.63) is 35.9 Å². The molecule has 0 spiro atoms. The predicted octanol–water partition coefficient (Wildman–Crippen LogP) is -0.148. The zero-order valence-electron chi connectivity index (χ0n) is 32.1.